The molecule has 1 aliphatic heterocycles. The third-order valence-corrected chi connectivity index (χ3v) is 4.70. The van der Waals surface area contributed by atoms with Gasteiger partial charge in [0.15, 0.2) is 0 Å². The number of piperidine rings is 1. The zero-order chi connectivity index (χ0) is 15.7. The lowest BCUT2D eigenvalue weighted by molar-refractivity contribution is 0.116. The van der Waals surface area contributed by atoms with Crippen LogP contribution in [0, 0.1) is 19.8 Å². The van der Waals surface area contributed by atoms with E-state index in [-0.39, 0.29) is 12.2 Å². The Labute approximate surface area is 130 Å². The third kappa shape index (κ3) is 3.08. The monoisotopic (exact) mass is 301 g/mol. The Morgan fingerprint density at radius 1 is 1.27 bits per heavy atom. The van der Waals surface area contributed by atoms with Gasteiger partial charge >= 0.3 is 5.63 Å². The fraction of sp³-hybridized carbons (Fsp3) is 0.500. The van der Waals surface area contributed by atoms with E-state index in [1.54, 1.807) is 6.07 Å². The van der Waals surface area contributed by atoms with Gasteiger partial charge in [0, 0.05) is 31.1 Å². The summed E-state index contributed by atoms with van der Waals surface area (Å²) in [5.41, 5.74) is 3.73. The minimum absolute atomic E-state index is 0.243. The highest BCUT2D eigenvalue weighted by Gasteiger charge is 2.20. The molecular formula is C18H23NO3. The molecule has 3 rings (SSSR count). The summed E-state index contributed by atoms with van der Waals surface area (Å²) < 4.78 is 5.36. The first-order valence-corrected chi connectivity index (χ1v) is 7.94. The summed E-state index contributed by atoms with van der Waals surface area (Å²) >= 11 is 0. The summed E-state index contributed by atoms with van der Waals surface area (Å²) in [6, 6.07) is 5.67. The van der Waals surface area contributed by atoms with Gasteiger partial charge in [0.1, 0.15) is 5.58 Å². The first-order valence-electron chi connectivity index (χ1n) is 7.94. The van der Waals surface area contributed by atoms with Crippen LogP contribution in [0.5, 0.6) is 0 Å². The van der Waals surface area contributed by atoms with Gasteiger partial charge in [-0.2, -0.15) is 0 Å². The fourth-order valence-corrected chi connectivity index (χ4v) is 3.30. The van der Waals surface area contributed by atoms with E-state index in [2.05, 4.69) is 17.9 Å². The number of likely N-dealkylation sites (tertiary alicyclic amines) is 1. The van der Waals surface area contributed by atoms with Crippen molar-refractivity contribution < 1.29 is 9.52 Å². The van der Waals surface area contributed by atoms with Crippen LogP contribution >= 0.6 is 0 Å². The molecule has 4 heteroatoms. The van der Waals surface area contributed by atoms with Crippen LogP contribution in [0.3, 0.4) is 0 Å². The van der Waals surface area contributed by atoms with E-state index in [1.807, 2.05) is 13.0 Å². The number of nitrogens with zero attached hydrogens (tertiary/aromatic N) is 1. The summed E-state index contributed by atoms with van der Waals surface area (Å²) in [4.78, 5) is 14.2. The number of aryl methyl sites for hydroxylation is 2. The van der Waals surface area contributed by atoms with Crippen molar-refractivity contribution in [2.24, 2.45) is 5.92 Å². The Balaban J connectivity index is 1.96. The highest BCUT2D eigenvalue weighted by Crippen LogP contribution is 2.24. The molecule has 1 aromatic carbocycles. The van der Waals surface area contributed by atoms with Crippen LogP contribution in [0.1, 0.15) is 29.5 Å². The lowest BCUT2D eigenvalue weighted by Crippen LogP contribution is -2.36. The average molecular weight is 301 g/mol. The van der Waals surface area contributed by atoms with Crippen LogP contribution in [0.2, 0.25) is 0 Å². The second-order valence-corrected chi connectivity index (χ2v) is 6.45. The third-order valence-electron chi connectivity index (χ3n) is 4.70. The molecule has 1 atom stereocenters. The van der Waals surface area contributed by atoms with E-state index in [0.29, 0.717) is 11.5 Å². The normalized spacial score (nSPS) is 19.7. The molecule has 0 bridgehead atoms. The van der Waals surface area contributed by atoms with Crippen molar-refractivity contribution in [2.75, 3.05) is 19.7 Å². The van der Waals surface area contributed by atoms with Gasteiger partial charge in [-0.3, -0.25) is 4.90 Å². The van der Waals surface area contributed by atoms with Gasteiger partial charge in [-0.05, 0) is 68.0 Å². The van der Waals surface area contributed by atoms with Gasteiger partial charge in [0.05, 0.1) is 0 Å². The standard InChI is InChI=1S/C18H23NO3/c1-12-6-16-15(8-18(21)22-17(16)7-13(12)2)10-19-5-3-4-14(9-19)11-20/h6-8,14,20H,3-5,9-11H2,1-2H3/t14-/m0/s1. The van der Waals surface area contributed by atoms with Crippen LogP contribution in [0.15, 0.2) is 27.4 Å². The van der Waals surface area contributed by atoms with Crippen molar-refractivity contribution in [1.29, 1.82) is 0 Å². The molecule has 0 aliphatic carbocycles. The van der Waals surface area contributed by atoms with Crippen molar-refractivity contribution in [3.8, 4) is 0 Å². The number of fused-ring (bicyclic) bond motifs is 1. The lowest BCUT2D eigenvalue weighted by atomic mass is 9.97. The first kappa shape index (κ1) is 15.3. The van der Waals surface area contributed by atoms with Crippen LogP contribution < -0.4 is 5.63 Å². The summed E-state index contributed by atoms with van der Waals surface area (Å²) in [5.74, 6) is 0.351. The van der Waals surface area contributed by atoms with Gasteiger partial charge in [0.25, 0.3) is 0 Å². The smallest absolute Gasteiger partial charge is 0.336 e. The summed E-state index contributed by atoms with van der Waals surface area (Å²) in [7, 11) is 0. The highest BCUT2D eigenvalue weighted by molar-refractivity contribution is 5.81. The molecular weight excluding hydrogens is 278 g/mol. The van der Waals surface area contributed by atoms with E-state index in [4.69, 9.17) is 4.42 Å². The number of hydrogen-bond donors (Lipinski definition) is 1. The zero-order valence-electron chi connectivity index (χ0n) is 13.3. The number of hydrogen-bond acceptors (Lipinski definition) is 4. The molecule has 118 valence electrons. The summed E-state index contributed by atoms with van der Waals surface area (Å²) in [6.07, 6.45) is 2.19. The Kier molecular flexibility index (Phi) is 4.32. The molecule has 0 saturated carbocycles. The van der Waals surface area contributed by atoms with Crippen LogP contribution in [0.4, 0.5) is 0 Å². The van der Waals surface area contributed by atoms with Crippen molar-refractivity contribution in [1.82, 2.24) is 4.90 Å². The maximum atomic E-state index is 11.8. The Bertz CT molecular complexity index is 735. The van der Waals surface area contributed by atoms with Gasteiger partial charge in [-0.25, -0.2) is 4.79 Å². The SMILES string of the molecule is Cc1cc2oc(=O)cc(CN3CCC[C@H](CO)C3)c2cc1C. The molecule has 22 heavy (non-hydrogen) atoms. The maximum Gasteiger partial charge on any atom is 0.336 e. The van der Waals surface area contributed by atoms with E-state index in [1.165, 1.54) is 5.56 Å². The predicted molar refractivity (Wildman–Crippen MR) is 87.0 cm³/mol. The molecule has 1 aromatic heterocycles. The van der Waals surface area contributed by atoms with E-state index < -0.39 is 0 Å². The molecule has 1 aliphatic rings. The highest BCUT2D eigenvalue weighted by atomic mass is 16.4. The maximum absolute atomic E-state index is 11.8. The number of rotatable bonds is 3. The fourth-order valence-electron chi connectivity index (χ4n) is 3.30. The largest absolute Gasteiger partial charge is 0.423 e. The van der Waals surface area contributed by atoms with Gasteiger partial charge in [-0.1, -0.05) is 0 Å². The summed E-state index contributed by atoms with van der Waals surface area (Å²) in [5, 5.41) is 10.4. The van der Waals surface area contributed by atoms with Gasteiger partial charge in [-0.15, -0.1) is 0 Å². The molecule has 2 heterocycles. The minimum Gasteiger partial charge on any atom is -0.423 e. The number of benzene rings is 1. The second kappa shape index (κ2) is 6.23. The average Bonchev–Trinajstić information content (AvgIpc) is 2.49. The van der Waals surface area contributed by atoms with Gasteiger partial charge in [0.2, 0.25) is 0 Å². The van der Waals surface area contributed by atoms with Gasteiger partial charge < -0.3 is 9.52 Å². The van der Waals surface area contributed by atoms with E-state index in [9.17, 15) is 9.90 Å². The molecule has 1 saturated heterocycles. The van der Waals surface area contributed by atoms with Crippen LogP contribution in [-0.2, 0) is 6.54 Å². The molecule has 0 spiro atoms. The molecule has 1 N–H and O–H groups in total. The molecule has 0 amide bonds. The molecule has 2 aromatic rings. The predicted octanol–water partition coefficient (Wildman–Crippen LogP) is 2.61. The molecule has 4 nitrogen and oxygen atoms in total. The lowest BCUT2D eigenvalue weighted by Gasteiger charge is -2.31. The molecule has 0 radical (unpaired) electrons. The van der Waals surface area contributed by atoms with Crippen molar-refractivity contribution in [3.63, 3.8) is 0 Å². The number of aliphatic hydroxyl groups is 1. The zero-order valence-corrected chi connectivity index (χ0v) is 13.3. The molecule has 1 fully saturated rings. The first-order chi connectivity index (χ1) is 10.6. The van der Waals surface area contributed by atoms with Crippen LogP contribution in [-0.4, -0.2) is 29.7 Å². The topological polar surface area (TPSA) is 53.7 Å². The Hall–Kier alpha value is -1.65. The van der Waals surface area contributed by atoms with E-state index >= 15 is 0 Å². The quantitative estimate of drug-likeness (QED) is 0.886. The van der Waals surface area contributed by atoms with Crippen molar-refractivity contribution >= 4 is 11.0 Å². The van der Waals surface area contributed by atoms with Crippen LogP contribution in [0.25, 0.3) is 11.0 Å². The molecule has 0 unspecified atom stereocenters. The Morgan fingerprint density at radius 3 is 2.82 bits per heavy atom. The summed E-state index contributed by atoms with van der Waals surface area (Å²) in [6.45, 7) is 6.99. The minimum atomic E-state index is -0.290. The number of aliphatic hydroxyl groups excluding tert-OH is 1. The second-order valence-electron chi connectivity index (χ2n) is 6.45. The van der Waals surface area contributed by atoms with E-state index in [0.717, 1.165) is 49.0 Å². The van der Waals surface area contributed by atoms with Crippen molar-refractivity contribution in [2.45, 2.75) is 33.2 Å². The Morgan fingerprint density at radius 2 is 2.05 bits per heavy atom. The van der Waals surface area contributed by atoms with Crippen molar-refractivity contribution in [3.05, 3.63) is 45.3 Å².